The highest BCUT2D eigenvalue weighted by molar-refractivity contribution is 7.99. The molecule has 0 fully saturated rings. The summed E-state index contributed by atoms with van der Waals surface area (Å²) in [6.07, 6.45) is 16.4. The number of hydrogen-bond donors (Lipinski definition) is 0. The third-order valence-corrected chi connectivity index (χ3v) is 6.95. The van der Waals surface area contributed by atoms with Crippen molar-refractivity contribution in [1.82, 2.24) is 0 Å². The number of hydrogen-bond acceptors (Lipinski definition) is 3. The van der Waals surface area contributed by atoms with E-state index in [-0.39, 0.29) is 11.6 Å². The molecule has 0 saturated carbocycles. The molecule has 0 spiro atoms. The van der Waals surface area contributed by atoms with E-state index in [9.17, 15) is 9.59 Å². The topological polar surface area (TPSA) is 34.1 Å². The molecule has 0 unspecified atom stereocenters. The van der Waals surface area contributed by atoms with Crippen LogP contribution in [0.25, 0.3) is 0 Å². The summed E-state index contributed by atoms with van der Waals surface area (Å²) >= 11 is 1.64. The van der Waals surface area contributed by atoms with E-state index in [0.29, 0.717) is 6.42 Å². The molecule has 32 heavy (non-hydrogen) atoms. The maximum absolute atomic E-state index is 12.5. The molecule has 0 amide bonds. The Morgan fingerprint density at radius 1 is 0.594 bits per heavy atom. The molecule has 0 bridgehead atoms. The lowest BCUT2D eigenvalue weighted by molar-refractivity contribution is 0.0977. The molecule has 0 aliphatic carbocycles. The lowest BCUT2D eigenvalue weighted by Gasteiger charge is -2.05. The molecular formula is C29H40O2S. The average Bonchev–Trinajstić information content (AvgIpc) is 2.80. The summed E-state index contributed by atoms with van der Waals surface area (Å²) in [4.78, 5) is 26.0. The molecule has 0 aliphatic heterocycles. The Balaban J connectivity index is 1.57. The highest BCUT2D eigenvalue weighted by atomic mass is 32.2. The largest absolute Gasteiger partial charge is 0.295 e. The highest BCUT2D eigenvalue weighted by Crippen LogP contribution is 2.28. The van der Waals surface area contributed by atoms with Gasteiger partial charge in [0.2, 0.25) is 0 Å². The average molecular weight is 453 g/mol. The first kappa shape index (κ1) is 26.4. The van der Waals surface area contributed by atoms with Crippen molar-refractivity contribution in [1.29, 1.82) is 0 Å². The fourth-order valence-corrected chi connectivity index (χ4v) is 4.69. The van der Waals surface area contributed by atoms with Crippen molar-refractivity contribution in [2.24, 2.45) is 0 Å². The van der Waals surface area contributed by atoms with Gasteiger partial charge in [-0.2, -0.15) is 0 Å². The Bertz CT molecular complexity index is 793. The Kier molecular flexibility index (Phi) is 13.1. The molecular weight excluding hydrogens is 412 g/mol. The van der Waals surface area contributed by atoms with Gasteiger partial charge in [-0.05, 0) is 37.6 Å². The zero-order valence-corrected chi connectivity index (χ0v) is 20.9. The molecule has 0 saturated heterocycles. The molecule has 0 aromatic heterocycles. The molecule has 174 valence electrons. The van der Waals surface area contributed by atoms with Crippen LogP contribution in [0.5, 0.6) is 0 Å². The summed E-state index contributed by atoms with van der Waals surface area (Å²) in [5.74, 6) is 0.331. The van der Waals surface area contributed by atoms with Crippen LogP contribution in [0.2, 0.25) is 0 Å². The van der Waals surface area contributed by atoms with Gasteiger partial charge in [-0.25, -0.2) is 0 Å². The van der Waals surface area contributed by atoms with Crippen LogP contribution in [0.4, 0.5) is 0 Å². The van der Waals surface area contributed by atoms with Gasteiger partial charge in [0.05, 0.1) is 0 Å². The number of carbonyl (C=O) groups is 2. The summed E-state index contributed by atoms with van der Waals surface area (Å²) in [5, 5.41) is 0. The number of ketones is 2. The standard InChI is InChI=1S/C29H40O2S/c1-3-4-5-6-7-8-9-10-11-12-13-14-15-29(31)26-18-22-28(23-19-26)32-27-20-16-25(17-21-27)24(2)30/h16-23H,3-15H2,1-2H3. The summed E-state index contributed by atoms with van der Waals surface area (Å²) < 4.78 is 0. The first-order chi connectivity index (χ1) is 15.6. The van der Waals surface area contributed by atoms with Crippen LogP contribution in [0.15, 0.2) is 58.3 Å². The van der Waals surface area contributed by atoms with Gasteiger partial charge in [0.25, 0.3) is 0 Å². The van der Waals surface area contributed by atoms with Gasteiger partial charge in [0, 0.05) is 27.3 Å². The van der Waals surface area contributed by atoms with Crippen LogP contribution < -0.4 is 0 Å². The number of benzene rings is 2. The van der Waals surface area contributed by atoms with E-state index in [1.165, 1.54) is 64.2 Å². The van der Waals surface area contributed by atoms with E-state index in [1.54, 1.807) is 18.7 Å². The van der Waals surface area contributed by atoms with Crippen LogP contribution in [0.3, 0.4) is 0 Å². The third-order valence-electron chi connectivity index (χ3n) is 5.93. The summed E-state index contributed by atoms with van der Waals surface area (Å²) in [6.45, 7) is 3.85. The second-order valence-corrected chi connectivity index (χ2v) is 9.92. The van der Waals surface area contributed by atoms with Crippen molar-refractivity contribution in [3.63, 3.8) is 0 Å². The van der Waals surface area contributed by atoms with Crippen molar-refractivity contribution in [3.05, 3.63) is 59.7 Å². The molecule has 0 atom stereocenters. The predicted octanol–water partition coefficient (Wildman–Crippen LogP) is 9.31. The second-order valence-electron chi connectivity index (χ2n) is 8.77. The van der Waals surface area contributed by atoms with Crippen molar-refractivity contribution < 1.29 is 9.59 Å². The lowest BCUT2D eigenvalue weighted by Crippen LogP contribution is -1.98. The first-order valence-electron chi connectivity index (χ1n) is 12.5. The Labute approximate surface area is 199 Å². The van der Waals surface area contributed by atoms with Crippen LogP contribution in [-0.2, 0) is 0 Å². The van der Waals surface area contributed by atoms with Crippen molar-refractivity contribution in [3.8, 4) is 0 Å². The van der Waals surface area contributed by atoms with E-state index in [1.807, 2.05) is 48.5 Å². The first-order valence-corrected chi connectivity index (χ1v) is 13.3. The minimum atomic E-state index is 0.0811. The molecule has 0 aliphatic rings. The number of unbranched alkanes of at least 4 members (excludes halogenated alkanes) is 11. The maximum atomic E-state index is 12.5. The van der Waals surface area contributed by atoms with Crippen LogP contribution in [0.1, 0.15) is 118 Å². The highest BCUT2D eigenvalue weighted by Gasteiger charge is 2.07. The summed E-state index contributed by atoms with van der Waals surface area (Å²) in [5.41, 5.74) is 1.54. The normalized spacial score (nSPS) is 10.9. The van der Waals surface area contributed by atoms with E-state index in [2.05, 4.69) is 6.92 Å². The maximum Gasteiger partial charge on any atom is 0.162 e. The molecule has 2 aromatic rings. The van der Waals surface area contributed by atoms with Crippen molar-refractivity contribution >= 4 is 23.3 Å². The molecule has 2 aromatic carbocycles. The SMILES string of the molecule is CCCCCCCCCCCCCCC(=O)c1ccc(Sc2ccc(C(C)=O)cc2)cc1. The van der Waals surface area contributed by atoms with Gasteiger partial charge in [-0.15, -0.1) is 0 Å². The minimum absolute atomic E-state index is 0.0811. The van der Waals surface area contributed by atoms with E-state index in [0.717, 1.165) is 33.8 Å². The zero-order valence-electron chi connectivity index (χ0n) is 20.0. The van der Waals surface area contributed by atoms with Crippen molar-refractivity contribution in [2.75, 3.05) is 0 Å². The smallest absolute Gasteiger partial charge is 0.162 e. The molecule has 2 rings (SSSR count). The Hall–Kier alpha value is -1.87. The summed E-state index contributed by atoms with van der Waals surface area (Å²) in [7, 11) is 0. The fourth-order valence-electron chi connectivity index (χ4n) is 3.87. The monoisotopic (exact) mass is 452 g/mol. The van der Waals surface area contributed by atoms with Gasteiger partial charge in [-0.1, -0.05) is 114 Å². The number of carbonyl (C=O) groups excluding carboxylic acids is 2. The molecule has 0 N–H and O–H groups in total. The summed E-state index contributed by atoms with van der Waals surface area (Å²) in [6, 6.07) is 15.6. The quantitative estimate of drug-likeness (QED) is 0.177. The molecule has 2 nitrogen and oxygen atoms in total. The van der Waals surface area contributed by atoms with Gasteiger partial charge >= 0.3 is 0 Å². The van der Waals surface area contributed by atoms with E-state index in [4.69, 9.17) is 0 Å². The van der Waals surface area contributed by atoms with Gasteiger partial charge in [0.1, 0.15) is 0 Å². The van der Waals surface area contributed by atoms with Gasteiger partial charge < -0.3 is 0 Å². The van der Waals surface area contributed by atoms with Crippen LogP contribution >= 0.6 is 11.8 Å². The van der Waals surface area contributed by atoms with Crippen LogP contribution in [-0.4, -0.2) is 11.6 Å². The molecule has 0 radical (unpaired) electrons. The second kappa shape index (κ2) is 15.9. The number of Topliss-reactive ketones (excluding diaryl/α,β-unsaturated/α-hetero) is 2. The Morgan fingerprint density at radius 3 is 1.44 bits per heavy atom. The van der Waals surface area contributed by atoms with Crippen LogP contribution in [0, 0.1) is 0 Å². The Morgan fingerprint density at radius 2 is 1.00 bits per heavy atom. The van der Waals surface area contributed by atoms with Gasteiger partial charge in [-0.3, -0.25) is 9.59 Å². The lowest BCUT2D eigenvalue weighted by atomic mass is 10.0. The molecule has 0 heterocycles. The molecule has 3 heteroatoms. The predicted molar refractivity (Wildman–Crippen MR) is 137 cm³/mol. The van der Waals surface area contributed by atoms with Crippen molar-refractivity contribution in [2.45, 2.75) is 107 Å². The third kappa shape index (κ3) is 10.6. The van der Waals surface area contributed by atoms with Gasteiger partial charge in [0.15, 0.2) is 11.6 Å². The fraction of sp³-hybridized carbons (Fsp3) is 0.517. The minimum Gasteiger partial charge on any atom is -0.295 e. The van der Waals surface area contributed by atoms with E-state index < -0.39 is 0 Å². The number of rotatable bonds is 17. The van der Waals surface area contributed by atoms with E-state index >= 15 is 0 Å². The zero-order chi connectivity index (χ0) is 23.0.